The normalized spacial score (nSPS) is 19.2. The molecule has 1 aliphatic heterocycles. The van der Waals surface area contributed by atoms with Gasteiger partial charge in [-0.3, -0.25) is 9.58 Å². The van der Waals surface area contributed by atoms with Gasteiger partial charge in [0.05, 0.1) is 11.2 Å². The number of benzene rings is 1. The maximum atomic E-state index is 4.71. The van der Waals surface area contributed by atoms with E-state index >= 15 is 0 Å². The van der Waals surface area contributed by atoms with Crippen molar-refractivity contribution in [2.24, 2.45) is 7.05 Å². The lowest BCUT2D eigenvalue weighted by molar-refractivity contribution is 0.251. The second-order valence-corrected chi connectivity index (χ2v) is 5.71. The van der Waals surface area contributed by atoms with Gasteiger partial charge in [-0.15, -0.1) is 0 Å². The number of hydrogen-bond donors (Lipinski definition) is 1. The average molecular weight is 272 g/mol. The number of aryl methyl sites for hydroxylation is 1. The average Bonchev–Trinajstić information content (AvgIpc) is 3.08. The zero-order chi connectivity index (χ0) is 13.9. The number of nitrogens with zero attached hydrogens (tertiary/aromatic N) is 3. The largest absolute Gasteiger partial charge is 0.313 e. The lowest BCUT2D eigenvalue weighted by atomic mass is 10.2. The first-order valence-electron chi connectivity index (χ1n) is 7.64. The number of aromatic nitrogens is 2. The van der Waals surface area contributed by atoms with Crippen LogP contribution in [0.4, 0.5) is 0 Å². The maximum absolute atomic E-state index is 4.71. The zero-order valence-corrected chi connectivity index (χ0v) is 12.5. The van der Waals surface area contributed by atoms with E-state index in [1.807, 2.05) is 11.7 Å². The van der Waals surface area contributed by atoms with Crippen molar-refractivity contribution in [3.8, 4) is 0 Å². The fourth-order valence-electron chi connectivity index (χ4n) is 3.15. The first-order chi connectivity index (χ1) is 9.78. The van der Waals surface area contributed by atoms with E-state index in [9.17, 15) is 0 Å². The molecule has 2 aromatic rings. The highest BCUT2D eigenvalue weighted by Crippen LogP contribution is 2.19. The van der Waals surface area contributed by atoms with E-state index in [0.717, 1.165) is 19.6 Å². The predicted octanol–water partition coefficient (Wildman–Crippen LogP) is 2.15. The minimum absolute atomic E-state index is 0.657. The molecule has 0 spiro atoms. The van der Waals surface area contributed by atoms with E-state index in [4.69, 9.17) is 5.10 Å². The molecule has 20 heavy (non-hydrogen) atoms. The first kappa shape index (κ1) is 13.6. The summed E-state index contributed by atoms with van der Waals surface area (Å²) in [5.41, 5.74) is 2.42. The molecule has 1 aliphatic rings. The van der Waals surface area contributed by atoms with Crippen LogP contribution in [-0.2, 0) is 13.6 Å². The predicted molar refractivity (Wildman–Crippen MR) is 82.7 cm³/mol. The van der Waals surface area contributed by atoms with Crippen LogP contribution in [0.2, 0.25) is 0 Å². The molecule has 0 aliphatic carbocycles. The number of rotatable bonds is 5. The summed E-state index contributed by atoms with van der Waals surface area (Å²) in [5, 5.41) is 9.57. The second kappa shape index (κ2) is 5.94. The van der Waals surface area contributed by atoms with E-state index < -0.39 is 0 Å². The van der Waals surface area contributed by atoms with Crippen LogP contribution >= 0.6 is 0 Å². The molecule has 3 rings (SSSR count). The van der Waals surface area contributed by atoms with Crippen molar-refractivity contribution in [3.63, 3.8) is 0 Å². The van der Waals surface area contributed by atoms with Crippen LogP contribution in [0.25, 0.3) is 10.9 Å². The molecular formula is C16H24N4. The van der Waals surface area contributed by atoms with Gasteiger partial charge in [-0.25, -0.2) is 0 Å². The second-order valence-electron chi connectivity index (χ2n) is 5.71. The molecule has 0 amide bonds. The van der Waals surface area contributed by atoms with E-state index in [0.29, 0.717) is 6.04 Å². The standard InChI is InChI=1S/C16H24N4/c1-3-20(11-13-7-6-10-17-13)12-15-14-8-4-5-9-16(14)19(2)18-15/h4-5,8-9,13,17H,3,6-7,10-12H2,1-2H3. The van der Waals surface area contributed by atoms with Gasteiger partial charge in [-0.05, 0) is 32.0 Å². The Bertz CT molecular complexity index is 569. The van der Waals surface area contributed by atoms with Crippen molar-refractivity contribution in [1.29, 1.82) is 0 Å². The summed E-state index contributed by atoms with van der Waals surface area (Å²) in [6.07, 6.45) is 2.62. The van der Waals surface area contributed by atoms with E-state index in [2.05, 4.69) is 41.4 Å². The third-order valence-electron chi connectivity index (χ3n) is 4.30. The molecule has 1 saturated heterocycles. The lowest BCUT2D eigenvalue weighted by Crippen LogP contribution is -2.37. The lowest BCUT2D eigenvalue weighted by Gasteiger charge is -2.23. The summed E-state index contributed by atoms with van der Waals surface area (Å²) in [6.45, 7) is 6.55. The van der Waals surface area contributed by atoms with Crippen LogP contribution in [0.1, 0.15) is 25.5 Å². The van der Waals surface area contributed by atoms with Crippen molar-refractivity contribution in [3.05, 3.63) is 30.0 Å². The van der Waals surface area contributed by atoms with Crippen LogP contribution in [-0.4, -0.2) is 40.4 Å². The quantitative estimate of drug-likeness (QED) is 0.905. The molecular weight excluding hydrogens is 248 g/mol. The molecule has 4 nitrogen and oxygen atoms in total. The van der Waals surface area contributed by atoms with Crippen molar-refractivity contribution < 1.29 is 0 Å². The first-order valence-corrected chi connectivity index (χ1v) is 7.64. The summed E-state index contributed by atoms with van der Waals surface area (Å²) >= 11 is 0. The smallest absolute Gasteiger partial charge is 0.0843 e. The molecule has 1 N–H and O–H groups in total. The Morgan fingerprint density at radius 1 is 1.40 bits per heavy atom. The Hall–Kier alpha value is -1.39. The molecule has 1 aromatic heterocycles. The monoisotopic (exact) mass is 272 g/mol. The van der Waals surface area contributed by atoms with Crippen LogP contribution < -0.4 is 5.32 Å². The summed E-state index contributed by atoms with van der Waals surface area (Å²) in [4.78, 5) is 2.50. The van der Waals surface area contributed by atoms with E-state index in [1.54, 1.807) is 0 Å². The summed E-state index contributed by atoms with van der Waals surface area (Å²) in [6, 6.07) is 9.15. The molecule has 1 aromatic carbocycles. The van der Waals surface area contributed by atoms with Gasteiger partial charge in [0, 0.05) is 31.6 Å². The minimum atomic E-state index is 0.657. The van der Waals surface area contributed by atoms with Crippen LogP contribution in [0.5, 0.6) is 0 Å². The van der Waals surface area contributed by atoms with Crippen LogP contribution in [0.3, 0.4) is 0 Å². The van der Waals surface area contributed by atoms with Crippen molar-refractivity contribution in [1.82, 2.24) is 20.0 Å². The fourth-order valence-corrected chi connectivity index (χ4v) is 3.15. The number of fused-ring (bicyclic) bond motifs is 1. The Kier molecular flexibility index (Phi) is 4.03. The van der Waals surface area contributed by atoms with Crippen LogP contribution in [0.15, 0.2) is 24.3 Å². The Balaban J connectivity index is 1.76. The molecule has 0 bridgehead atoms. The van der Waals surface area contributed by atoms with Gasteiger partial charge < -0.3 is 5.32 Å². The third kappa shape index (κ3) is 2.72. The van der Waals surface area contributed by atoms with Gasteiger partial charge in [0.1, 0.15) is 0 Å². The number of hydrogen-bond acceptors (Lipinski definition) is 3. The molecule has 1 fully saturated rings. The zero-order valence-electron chi connectivity index (χ0n) is 12.5. The number of nitrogens with one attached hydrogen (secondary N) is 1. The van der Waals surface area contributed by atoms with E-state index in [-0.39, 0.29) is 0 Å². The highest BCUT2D eigenvalue weighted by atomic mass is 15.3. The number of para-hydroxylation sites is 1. The molecule has 4 heteroatoms. The summed E-state index contributed by atoms with van der Waals surface area (Å²) in [5.74, 6) is 0. The number of likely N-dealkylation sites (N-methyl/N-ethyl adjacent to an activating group) is 1. The van der Waals surface area contributed by atoms with Gasteiger partial charge in [0.25, 0.3) is 0 Å². The Labute approximate surface area is 120 Å². The Morgan fingerprint density at radius 2 is 2.25 bits per heavy atom. The van der Waals surface area contributed by atoms with Crippen molar-refractivity contribution in [2.75, 3.05) is 19.6 Å². The van der Waals surface area contributed by atoms with Gasteiger partial charge in [-0.2, -0.15) is 5.10 Å². The molecule has 0 radical (unpaired) electrons. The highest BCUT2D eigenvalue weighted by molar-refractivity contribution is 5.81. The van der Waals surface area contributed by atoms with Crippen molar-refractivity contribution >= 4 is 10.9 Å². The molecule has 0 saturated carbocycles. The topological polar surface area (TPSA) is 33.1 Å². The van der Waals surface area contributed by atoms with Gasteiger partial charge in [-0.1, -0.05) is 25.1 Å². The van der Waals surface area contributed by atoms with Crippen LogP contribution in [0, 0.1) is 0 Å². The van der Waals surface area contributed by atoms with Gasteiger partial charge >= 0.3 is 0 Å². The molecule has 1 atom stereocenters. The molecule has 1 unspecified atom stereocenters. The van der Waals surface area contributed by atoms with Gasteiger partial charge in [0.15, 0.2) is 0 Å². The maximum Gasteiger partial charge on any atom is 0.0843 e. The Morgan fingerprint density at radius 3 is 3.00 bits per heavy atom. The fraction of sp³-hybridized carbons (Fsp3) is 0.562. The summed E-state index contributed by atoms with van der Waals surface area (Å²) < 4.78 is 1.99. The summed E-state index contributed by atoms with van der Waals surface area (Å²) in [7, 11) is 2.03. The molecule has 2 heterocycles. The highest BCUT2D eigenvalue weighted by Gasteiger charge is 2.18. The van der Waals surface area contributed by atoms with Gasteiger partial charge in [0.2, 0.25) is 0 Å². The SMILES string of the molecule is CCN(Cc1nn(C)c2ccccc12)CC1CCCN1. The third-order valence-corrected chi connectivity index (χ3v) is 4.30. The van der Waals surface area contributed by atoms with Crippen molar-refractivity contribution in [2.45, 2.75) is 32.4 Å². The minimum Gasteiger partial charge on any atom is -0.313 e. The molecule has 108 valence electrons. The van der Waals surface area contributed by atoms with E-state index in [1.165, 1.54) is 36.0 Å².